The first-order chi connectivity index (χ1) is 9.81. The molecule has 1 aromatic carbocycles. The van der Waals surface area contributed by atoms with Crippen molar-refractivity contribution in [3.05, 3.63) is 28.8 Å². The van der Waals surface area contributed by atoms with Gasteiger partial charge in [0.1, 0.15) is 5.75 Å². The second kappa shape index (κ2) is 7.31. The lowest BCUT2D eigenvalue weighted by atomic mass is 9.82. The molecule has 1 aromatic rings. The Morgan fingerprint density at radius 1 is 1.33 bits per heavy atom. The number of Topliss-reactive ketones (excluding diaryl/α,β-unsaturated/α-hetero) is 1. The van der Waals surface area contributed by atoms with E-state index in [9.17, 15) is 9.90 Å². The molecule has 2 nitrogen and oxygen atoms in total. The SMILES string of the molecule is C#CCCCC(=O)c1cc(CCC)c(O)c(C(C)(C)C)c1. The number of carbonyl (C=O) groups excluding carboxylic acids is 1. The van der Waals surface area contributed by atoms with Gasteiger partial charge in [-0.2, -0.15) is 0 Å². The summed E-state index contributed by atoms with van der Waals surface area (Å²) < 4.78 is 0. The number of benzene rings is 1. The van der Waals surface area contributed by atoms with Gasteiger partial charge < -0.3 is 5.11 Å². The van der Waals surface area contributed by atoms with Crippen LogP contribution in [0.25, 0.3) is 0 Å². The zero-order valence-corrected chi connectivity index (χ0v) is 13.6. The van der Waals surface area contributed by atoms with E-state index < -0.39 is 0 Å². The summed E-state index contributed by atoms with van der Waals surface area (Å²) in [6.07, 6.45) is 8.74. The molecule has 0 atom stereocenters. The number of phenolic OH excluding ortho intramolecular Hbond substituents is 1. The normalized spacial score (nSPS) is 11.2. The number of aromatic hydroxyl groups is 1. The van der Waals surface area contributed by atoms with Gasteiger partial charge in [-0.1, -0.05) is 34.1 Å². The number of ketones is 1. The van der Waals surface area contributed by atoms with Crippen LogP contribution < -0.4 is 0 Å². The second-order valence-corrected chi connectivity index (χ2v) is 6.51. The fraction of sp³-hybridized carbons (Fsp3) is 0.526. The van der Waals surface area contributed by atoms with Gasteiger partial charge in [0.25, 0.3) is 0 Å². The van der Waals surface area contributed by atoms with Gasteiger partial charge >= 0.3 is 0 Å². The minimum absolute atomic E-state index is 0.105. The number of rotatable bonds is 6. The van der Waals surface area contributed by atoms with Gasteiger partial charge in [-0.3, -0.25) is 4.79 Å². The maximum absolute atomic E-state index is 12.3. The van der Waals surface area contributed by atoms with Crippen LogP contribution in [-0.2, 0) is 11.8 Å². The molecule has 1 rings (SSSR count). The molecule has 0 aliphatic heterocycles. The summed E-state index contributed by atoms with van der Waals surface area (Å²) in [4.78, 5) is 12.3. The summed E-state index contributed by atoms with van der Waals surface area (Å²) in [5, 5.41) is 10.4. The van der Waals surface area contributed by atoms with Crippen molar-refractivity contribution in [1.29, 1.82) is 0 Å². The van der Waals surface area contributed by atoms with E-state index in [1.807, 2.05) is 32.9 Å². The van der Waals surface area contributed by atoms with E-state index in [0.29, 0.717) is 30.6 Å². The average molecular weight is 286 g/mol. The van der Waals surface area contributed by atoms with Crippen molar-refractivity contribution < 1.29 is 9.90 Å². The van der Waals surface area contributed by atoms with Crippen molar-refractivity contribution in [2.75, 3.05) is 0 Å². The van der Waals surface area contributed by atoms with Crippen molar-refractivity contribution in [2.45, 2.75) is 65.2 Å². The van der Waals surface area contributed by atoms with Crippen LogP contribution in [0.3, 0.4) is 0 Å². The number of carbonyl (C=O) groups is 1. The quantitative estimate of drug-likeness (QED) is 0.470. The van der Waals surface area contributed by atoms with Crippen LogP contribution >= 0.6 is 0 Å². The minimum Gasteiger partial charge on any atom is -0.507 e. The molecule has 0 spiro atoms. The second-order valence-electron chi connectivity index (χ2n) is 6.51. The molecule has 0 radical (unpaired) electrons. The molecule has 114 valence electrons. The minimum atomic E-state index is -0.193. The number of unbranched alkanes of at least 4 members (excludes halogenated alkanes) is 1. The highest BCUT2D eigenvalue weighted by Crippen LogP contribution is 2.35. The van der Waals surface area contributed by atoms with Crippen LogP contribution in [0.4, 0.5) is 0 Å². The number of hydrogen-bond acceptors (Lipinski definition) is 2. The van der Waals surface area contributed by atoms with Crippen molar-refractivity contribution in [1.82, 2.24) is 0 Å². The average Bonchev–Trinajstić information content (AvgIpc) is 2.40. The largest absolute Gasteiger partial charge is 0.507 e. The number of terminal acetylenes is 1. The Labute approximate surface area is 128 Å². The highest BCUT2D eigenvalue weighted by molar-refractivity contribution is 5.96. The Morgan fingerprint density at radius 3 is 2.52 bits per heavy atom. The first-order valence-corrected chi connectivity index (χ1v) is 7.64. The van der Waals surface area contributed by atoms with Crippen molar-refractivity contribution >= 4 is 5.78 Å². The molecule has 0 aliphatic carbocycles. The molecule has 0 saturated carbocycles. The highest BCUT2D eigenvalue weighted by Gasteiger charge is 2.22. The maximum Gasteiger partial charge on any atom is 0.162 e. The molecular weight excluding hydrogens is 260 g/mol. The molecular formula is C19H26O2. The molecule has 0 unspecified atom stereocenters. The van der Waals surface area contributed by atoms with E-state index in [-0.39, 0.29) is 11.2 Å². The van der Waals surface area contributed by atoms with Crippen LogP contribution in [0, 0.1) is 12.3 Å². The Morgan fingerprint density at radius 2 is 2.00 bits per heavy atom. The molecule has 0 saturated heterocycles. The zero-order chi connectivity index (χ0) is 16.0. The first kappa shape index (κ1) is 17.3. The van der Waals surface area contributed by atoms with Gasteiger partial charge in [-0.15, -0.1) is 12.3 Å². The van der Waals surface area contributed by atoms with Gasteiger partial charge in [0, 0.05) is 24.0 Å². The van der Waals surface area contributed by atoms with Crippen molar-refractivity contribution in [2.24, 2.45) is 0 Å². The predicted octanol–water partition coefficient (Wildman–Crippen LogP) is 4.63. The summed E-state index contributed by atoms with van der Waals surface area (Å²) in [7, 11) is 0. The lowest BCUT2D eigenvalue weighted by Crippen LogP contribution is -2.14. The third-order valence-corrected chi connectivity index (χ3v) is 3.56. The number of phenols is 1. The van der Waals surface area contributed by atoms with E-state index in [4.69, 9.17) is 6.42 Å². The van der Waals surface area contributed by atoms with E-state index in [1.165, 1.54) is 0 Å². The topological polar surface area (TPSA) is 37.3 Å². The Kier molecular flexibility index (Phi) is 6.03. The van der Waals surface area contributed by atoms with Gasteiger partial charge in [0.05, 0.1) is 0 Å². The zero-order valence-electron chi connectivity index (χ0n) is 13.6. The van der Waals surface area contributed by atoms with Crippen LogP contribution in [0.5, 0.6) is 5.75 Å². The van der Waals surface area contributed by atoms with Gasteiger partial charge in [0.2, 0.25) is 0 Å². The van der Waals surface area contributed by atoms with E-state index in [0.717, 1.165) is 24.0 Å². The molecule has 0 fully saturated rings. The standard InChI is InChI=1S/C19H26O2/c1-6-8-9-11-17(20)15-12-14(10-7-2)18(21)16(13-15)19(3,4)5/h1,12-13,21H,7-11H2,2-5H3. The molecule has 2 heteroatoms. The summed E-state index contributed by atoms with van der Waals surface area (Å²) in [6.45, 7) is 8.21. The Hall–Kier alpha value is -1.75. The third kappa shape index (κ3) is 4.63. The fourth-order valence-electron chi connectivity index (χ4n) is 2.38. The Balaban J connectivity index is 3.18. The predicted molar refractivity (Wildman–Crippen MR) is 87.8 cm³/mol. The lowest BCUT2D eigenvalue weighted by molar-refractivity contribution is 0.0980. The first-order valence-electron chi connectivity index (χ1n) is 7.64. The maximum atomic E-state index is 12.3. The van der Waals surface area contributed by atoms with Crippen LogP contribution in [0.1, 0.15) is 74.9 Å². The van der Waals surface area contributed by atoms with Gasteiger partial charge in [0.15, 0.2) is 5.78 Å². The van der Waals surface area contributed by atoms with E-state index in [1.54, 1.807) is 0 Å². The summed E-state index contributed by atoms with van der Waals surface area (Å²) in [5.74, 6) is 3.00. The molecule has 0 amide bonds. The van der Waals surface area contributed by atoms with Crippen LogP contribution in [0.2, 0.25) is 0 Å². The monoisotopic (exact) mass is 286 g/mol. The molecule has 1 N–H and O–H groups in total. The van der Waals surface area contributed by atoms with Crippen molar-refractivity contribution in [3.8, 4) is 18.1 Å². The van der Waals surface area contributed by atoms with E-state index in [2.05, 4.69) is 12.8 Å². The molecule has 0 aromatic heterocycles. The molecule has 0 aliphatic rings. The fourth-order valence-corrected chi connectivity index (χ4v) is 2.38. The van der Waals surface area contributed by atoms with Gasteiger partial charge in [-0.25, -0.2) is 0 Å². The molecule has 0 heterocycles. The van der Waals surface area contributed by atoms with Gasteiger partial charge in [-0.05, 0) is 36.0 Å². The summed E-state index contributed by atoms with van der Waals surface area (Å²) >= 11 is 0. The molecule has 0 bridgehead atoms. The lowest BCUT2D eigenvalue weighted by Gasteiger charge is -2.23. The Bertz CT molecular complexity index is 542. The van der Waals surface area contributed by atoms with Crippen molar-refractivity contribution in [3.63, 3.8) is 0 Å². The van der Waals surface area contributed by atoms with Crippen LogP contribution in [0.15, 0.2) is 12.1 Å². The number of hydrogen-bond donors (Lipinski definition) is 1. The molecule has 21 heavy (non-hydrogen) atoms. The number of aryl methyl sites for hydroxylation is 1. The third-order valence-electron chi connectivity index (χ3n) is 3.56. The summed E-state index contributed by atoms with van der Waals surface area (Å²) in [5.41, 5.74) is 2.21. The van der Waals surface area contributed by atoms with Crippen LogP contribution in [-0.4, -0.2) is 10.9 Å². The smallest absolute Gasteiger partial charge is 0.162 e. The van der Waals surface area contributed by atoms with E-state index >= 15 is 0 Å². The highest BCUT2D eigenvalue weighted by atomic mass is 16.3. The summed E-state index contributed by atoms with van der Waals surface area (Å²) in [6, 6.07) is 3.68.